The summed E-state index contributed by atoms with van der Waals surface area (Å²) in [6.45, 7) is 3.18. The van der Waals surface area contributed by atoms with Crippen molar-refractivity contribution in [2.45, 2.75) is 30.2 Å². The summed E-state index contributed by atoms with van der Waals surface area (Å²) in [7, 11) is -3.79. The Kier molecular flexibility index (Phi) is 4.92. The lowest BCUT2D eigenvalue weighted by Gasteiger charge is -2.18. The van der Waals surface area contributed by atoms with Gasteiger partial charge in [0.25, 0.3) is 0 Å². The fourth-order valence-electron chi connectivity index (χ4n) is 1.99. The van der Waals surface area contributed by atoms with Gasteiger partial charge in [0.15, 0.2) is 5.03 Å². The molecule has 0 spiro atoms. The average molecular weight is 318 g/mol. The van der Waals surface area contributed by atoms with Crippen LogP contribution in [0.25, 0.3) is 0 Å². The molecule has 0 bridgehead atoms. The highest BCUT2D eigenvalue weighted by molar-refractivity contribution is 7.92. The summed E-state index contributed by atoms with van der Waals surface area (Å²) in [6, 6.07) is 13.7. The van der Waals surface area contributed by atoms with Crippen LogP contribution in [0.3, 0.4) is 0 Å². The van der Waals surface area contributed by atoms with Crippen molar-refractivity contribution >= 4 is 15.7 Å². The number of rotatable bonds is 5. The van der Waals surface area contributed by atoms with Gasteiger partial charge in [0.1, 0.15) is 5.25 Å². The van der Waals surface area contributed by atoms with E-state index >= 15 is 0 Å². The molecule has 0 unspecified atom stereocenters. The first-order chi connectivity index (χ1) is 10.4. The Morgan fingerprint density at radius 3 is 2.27 bits per heavy atom. The van der Waals surface area contributed by atoms with E-state index in [0.29, 0.717) is 0 Å². The van der Waals surface area contributed by atoms with Crippen LogP contribution < -0.4 is 5.32 Å². The number of hydrogen-bond donors (Lipinski definition) is 1. The Bertz CT molecular complexity index is 731. The Labute approximate surface area is 130 Å². The van der Waals surface area contributed by atoms with E-state index in [-0.39, 0.29) is 11.1 Å². The molecule has 0 saturated carbocycles. The van der Waals surface area contributed by atoms with E-state index < -0.39 is 21.0 Å². The van der Waals surface area contributed by atoms with Gasteiger partial charge in [-0.15, -0.1) is 0 Å². The zero-order chi connectivity index (χ0) is 16.2. The molecule has 0 aliphatic carbocycles. The molecular formula is C16H18N2O3S. The first-order valence-electron chi connectivity index (χ1n) is 6.93. The van der Waals surface area contributed by atoms with E-state index in [4.69, 9.17) is 0 Å². The van der Waals surface area contributed by atoms with E-state index in [1.54, 1.807) is 12.1 Å². The minimum atomic E-state index is -3.79. The summed E-state index contributed by atoms with van der Waals surface area (Å²) >= 11 is 0. The number of nitrogens with one attached hydrogen (secondary N) is 1. The maximum absolute atomic E-state index is 12.4. The minimum Gasteiger partial charge on any atom is -0.348 e. The van der Waals surface area contributed by atoms with Crippen LogP contribution in [0.4, 0.5) is 0 Å². The molecule has 6 heteroatoms. The number of sulfone groups is 1. The predicted octanol–water partition coefficient (Wildman–Crippen LogP) is 2.12. The molecule has 1 heterocycles. The van der Waals surface area contributed by atoms with Crippen LogP contribution in [0.1, 0.15) is 25.5 Å². The van der Waals surface area contributed by atoms with Crippen LogP contribution >= 0.6 is 0 Å². The third-order valence-electron chi connectivity index (χ3n) is 3.42. The molecule has 1 N–H and O–H groups in total. The fraction of sp³-hybridized carbons (Fsp3) is 0.250. The van der Waals surface area contributed by atoms with E-state index in [0.717, 1.165) is 5.56 Å². The number of benzene rings is 1. The summed E-state index contributed by atoms with van der Waals surface area (Å²) in [4.78, 5) is 16.1. The number of aromatic nitrogens is 1. The van der Waals surface area contributed by atoms with Crippen LogP contribution in [0.2, 0.25) is 0 Å². The number of nitrogens with zero attached hydrogens (tertiary/aromatic N) is 1. The largest absolute Gasteiger partial charge is 0.348 e. The maximum atomic E-state index is 12.4. The molecule has 5 nitrogen and oxygen atoms in total. The lowest BCUT2D eigenvalue weighted by Crippen LogP contribution is -2.39. The highest BCUT2D eigenvalue weighted by Crippen LogP contribution is 2.16. The van der Waals surface area contributed by atoms with Crippen molar-refractivity contribution in [3.63, 3.8) is 0 Å². The lowest BCUT2D eigenvalue weighted by atomic mass is 10.1. The van der Waals surface area contributed by atoms with Crippen molar-refractivity contribution in [3.8, 4) is 0 Å². The summed E-state index contributed by atoms with van der Waals surface area (Å²) in [5.41, 5.74) is 0.915. The number of hydrogen-bond acceptors (Lipinski definition) is 4. The maximum Gasteiger partial charge on any atom is 0.238 e. The van der Waals surface area contributed by atoms with Gasteiger partial charge in [-0.1, -0.05) is 36.4 Å². The number of amides is 1. The predicted molar refractivity (Wildman–Crippen MR) is 83.9 cm³/mol. The van der Waals surface area contributed by atoms with E-state index in [2.05, 4.69) is 10.3 Å². The fourth-order valence-corrected chi connectivity index (χ4v) is 3.18. The molecule has 1 aromatic carbocycles. The second-order valence-electron chi connectivity index (χ2n) is 5.00. The lowest BCUT2D eigenvalue weighted by molar-refractivity contribution is -0.121. The second kappa shape index (κ2) is 6.70. The third-order valence-corrected chi connectivity index (χ3v) is 5.39. The highest BCUT2D eigenvalue weighted by Gasteiger charge is 2.31. The molecule has 116 valence electrons. The standard InChI is InChI=1S/C16H18N2O3S/c1-12(14-8-4-3-5-9-14)18-16(19)13(2)22(20,21)15-10-6-7-11-17-15/h3-13H,1-2H3,(H,18,19)/t12-,13+/m0/s1. The van der Waals surface area contributed by atoms with Crippen molar-refractivity contribution in [2.75, 3.05) is 0 Å². The van der Waals surface area contributed by atoms with Gasteiger partial charge in [-0.2, -0.15) is 0 Å². The average Bonchev–Trinajstić information content (AvgIpc) is 2.55. The van der Waals surface area contributed by atoms with Gasteiger partial charge in [-0.3, -0.25) is 4.79 Å². The monoisotopic (exact) mass is 318 g/mol. The van der Waals surface area contributed by atoms with Gasteiger partial charge in [-0.25, -0.2) is 13.4 Å². The number of carbonyl (C=O) groups excluding carboxylic acids is 1. The zero-order valence-electron chi connectivity index (χ0n) is 12.4. The summed E-state index contributed by atoms with van der Waals surface area (Å²) in [5, 5.41) is 1.43. The normalized spacial score (nSPS) is 14.1. The SMILES string of the molecule is C[C@H](NC(=O)[C@@H](C)S(=O)(=O)c1ccccn1)c1ccccc1. The van der Waals surface area contributed by atoms with Crippen LogP contribution in [-0.4, -0.2) is 24.6 Å². The quantitative estimate of drug-likeness (QED) is 0.916. The van der Waals surface area contributed by atoms with Gasteiger partial charge >= 0.3 is 0 Å². The molecule has 0 fully saturated rings. The van der Waals surface area contributed by atoms with Crippen molar-refractivity contribution < 1.29 is 13.2 Å². The Morgan fingerprint density at radius 1 is 1.05 bits per heavy atom. The third kappa shape index (κ3) is 3.51. The molecule has 2 atom stereocenters. The number of pyridine rings is 1. The summed E-state index contributed by atoms with van der Waals surface area (Å²) in [6.07, 6.45) is 1.39. The first-order valence-corrected chi connectivity index (χ1v) is 8.48. The summed E-state index contributed by atoms with van der Waals surface area (Å²) in [5.74, 6) is -0.540. The van der Waals surface area contributed by atoms with E-state index in [1.165, 1.54) is 19.2 Å². The van der Waals surface area contributed by atoms with Crippen LogP contribution in [0.5, 0.6) is 0 Å². The highest BCUT2D eigenvalue weighted by atomic mass is 32.2. The van der Waals surface area contributed by atoms with Crippen molar-refractivity contribution in [3.05, 3.63) is 60.3 Å². The molecule has 0 aliphatic heterocycles. The Balaban J connectivity index is 2.13. The smallest absolute Gasteiger partial charge is 0.238 e. The van der Waals surface area contributed by atoms with Gasteiger partial charge in [0, 0.05) is 6.20 Å². The van der Waals surface area contributed by atoms with Crippen molar-refractivity contribution in [1.82, 2.24) is 10.3 Å². The molecule has 1 amide bonds. The molecule has 2 aromatic rings. The van der Waals surface area contributed by atoms with E-state index in [9.17, 15) is 13.2 Å². The second-order valence-corrected chi connectivity index (χ2v) is 7.21. The van der Waals surface area contributed by atoms with Crippen LogP contribution in [0, 0.1) is 0 Å². The van der Waals surface area contributed by atoms with Gasteiger partial charge < -0.3 is 5.32 Å². The Morgan fingerprint density at radius 2 is 1.68 bits per heavy atom. The van der Waals surface area contributed by atoms with Crippen LogP contribution in [0.15, 0.2) is 59.8 Å². The minimum absolute atomic E-state index is 0.0926. The topological polar surface area (TPSA) is 76.1 Å². The molecule has 0 saturated heterocycles. The summed E-state index contributed by atoms with van der Waals surface area (Å²) < 4.78 is 24.7. The van der Waals surface area contributed by atoms with Gasteiger partial charge in [-0.05, 0) is 31.5 Å². The molecular weight excluding hydrogens is 300 g/mol. The first kappa shape index (κ1) is 16.2. The molecule has 0 aliphatic rings. The zero-order valence-corrected chi connectivity index (χ0v) is 13.2. The molecule has 22 heavy (non-hydrogen) atoms. The van der Waals surface area contributed by atoms with E-state index in [1.807, 2.05) is 37.3 Å². The van der Waals surface area contributed by atoms with Gasteiger partial charge in [0.05, 0.1) is 6.04 Å². The Hall–Kier alpha value is -2.21. The molecule has 0 radical (unpaired) electrons. The van der Waals surface area contributed by atoms with Crippen LogP contribution in [-0.2, 0) is 14.6 Å². The molecule has 2 rings (SSSR count). The molecule has 1 aromatic heterocycles. The van der Waals surface area contributed by atoms with Gasteiger partial charge in [0.2, 0.25) is 15.7 Å². The number of carbonyl (C=O) groups is 1. The van der Waals surface area contributed by atoms with Crippen molar-refractivity contribution in [1.29, 1.82) is 0 Å². The van der Waals surface area contributed by atoms with Crippen molar-refractivity contribution in [2.24, 2.45) is 0 Å².